The Kier molecular flexibility index (Phi) is 19.6. The third-order valence-electron chi connectivity index (χ3n) is 5.80. The number of unbranched alkanes of at least 4 members (excludes halogenated alkanes) is 12. The third-order valence-corrected chi connectivity index (χ3v) is 9.52. The number of rotatable bonds is 21. The second kappa shape index (κ2) is 19.5. The summed E-state index contributed by atoms with van der Waals surface area (Å²) in [4.78, 5) is 0. The van der Waals surface area contributed by atoms with Gasteiger partial charge in [0.05, 0.1) is 0 Å². The van der Waals surface area contributed by atoms with Gasteiger partial charge in [-0.2, -0.15) is 0 Å². The Labute approximate surface area is 173 Å². The summed E-state index contributed by atoms with van der Waals surface area (Å²) in [5, 5.41) is 0. The van der Waals surface area contributed by atoms with Crippen LogP contribution in [0.15, 0.2) is 0 Å². The third kappa shape index (κ3) is 15.7. The van der Waals surface area contributed by atoms with Crippen molar-refractivity contribution in [2.45, 2.75) is 149 Å². The van der Waals surface area contributed by atoms with Crippen molar-refractivity contribution in [3.05, 3.63) is 0 Å². The van der Waals surface area contributed by atoms with Gasteiger partial charge in [-0.1, -0.05) is 111 Å². The van der Waals surface area contributed by atoms with Crippen LogP contribution in [0.3, 0.4) is 0 Å². The van der Waals surface area contributed by atoms with Crippen molar-refractivity contribution in [1.82, 2.24) is 0 Å². The highest BCUT2D eigenvalue weighted by Gasteiger charge is 2.35. The molecular weight excluding hydrogens is 348 g/mol. The van der Waals surface area contributed by atoms with Crippen molar-refractivity contribution in [2.24, 2.45) is 0 Å². The molecule has 0 saturated carbocycles. The van der Waals surface area contributed by atoms with E-state index in [1.54, 1.807) is 0 Å². The zero-order valence-corrected chi connectivity index (χ0v) is 20.6. The van der Waals surface area contributed by atoms with Crippen molar-refractivity contribution >= 4 is 8.56 Å². The van der Waals surface area contributed by atoms with Gasteiger partial charge in [0, 0.05) is 12.7 Å². The Hall–Kier alpha value is 0.137. The fraction of sp³-hybridized carbons (Fsp3) is 1.00. The SMILES string of the molecule is CCCCCCCCCCCCCCCO[Si](CC)(CC)OC(C)CCC. The Balaban J connectivity index is 3.57. The molecule has 0 aliphatic carbocycles. The van der Waals surface area contributed by atoms with Gasteiger partial charge in [0.1, 0.15) is 0 Å². The summed E-state index contributed by atoms with van der Waals surface area (Å²) in [6.45, 7) is 12.1. The molecular formula is C24H52O2Si. The number of hydrogen-bond acceptors (Lipinski definition) is 2. The molecule has 0 spiro atoms. The van der Waals surface area contributed by atoms with E-state index in [9.17, 15) is 0 Å². The van der Waals surface area contributed by atoms with E-state index in [0.717, 1.165) is 25.1 Å². The van der Waals surface area contributed by atoms with Crippen molar-refractivity contribution in [3.8, 4) is 0 Å². The second-order valence-corrected chi connectivity index (χ2v) is 12.2. The van der Waals surface area contributed by atoms with Gasteiger partial charge in [0.25, 0.3) is 0 Å². The van der Waals surface area contributed by atoms with Crippen LogP contribution in [0, 0.1) is 0 Å². The summed E-state index contributed by atoms with van der Waals surface area (Å²) in [6, 6.07) is 2.16. The van der Waals surface area contributed by atoms with Crippen LogP contribution in [-0.4, -0.2) is 21.3 Å². The molecule has 27 heavy (non-hydrogen) atoms. The maximum absolute atomic E-state index is 6.41. The standard InChI is InChI=1S/C24H52O2Si/c1-6-10-11-12-13-14-15-16-17-18-19-20-21-23-25-27(8-3,9-4)26-24(5)22-7-2/h24H,6-23H2,1-5H3. The van der Waals surface area contributed by atoms with E-state index in [2.05, 4.69) is 34.6 Å². The molecule has 0 radical (unpaired) electrons. The number of hydrogen-bond donors (Lipinski definition) is 0. The lowest BCUT2D eigenvalue weighted by Crippen LogP contribution is -2.43. The molecule has 0 fully saturated rings. The van der Waals surface area contributed by atoms with Crippen LogP contribution in [0.1, 0.15) is 131 Å². The van der Waals surface area contributed by atoms with Crippen LogP contribution < -0.4 is 0 Å². The molecule has 0 rings (SSSR count). The van der Waals surface area contributed by atoms with E-state index in [1.165, 1.54) is 89.9 Å². The van der Waals surface area contributed by atoms with Crippen LogP contribution >= 0.6 is 0 Å². The van der Waals surface area contributed by atoms with Gasteiger partial charge in [-0.25, -0.2) is 0 Å². The molecule has 0 aliphatic rings. The van der Waals surface area contributed by atoms with Crippen LogP contribution in [0.25, 0.3) is 0 Å². The minimum absolute atomic E-state index is 0.355. The average molecular weight is 401 g/mol. The van der Waals surface area contributed by atoms with E-state index < -0.39 is 8.56 Å². The van der Waals surface area contributed by atoms with Gasteiger partial charge < -0.3 is 8.85 Å². The summed E-state index contributed by atoms with van der Waals surface area (Å²) in [7, 11) is -1.95. The van der Waals surface area contributed by atoms with Gasteiger partial charge in [-0.15, -0.1) is 0 Å². The molecule has 2 nitrogen and oxygen atoms in total. The topological polar surface area (TPSA) is 18.5 Å². The van der Waals surface area contributed by atoms with Gasteiger partial charge in [0.15, 0.2) is 0 Å². The molecule has 0 N–H and O–H groups in total. The molecule has 3 heteroatoms. The average Bonchev–Trinajstić information content (AvgIpc) is 2.67. The quantitative estimate of drug-likeness (QED) is 0.141. The Morgan fingerprint density at radius 3 is 1.44 bits per heavy atom. The minimum atomic E-state index is -1.95. The van der Waals surface area contributed by atoms with Gasteiger partial charge in [-0.3, -0.25) is 0 Å². The van der Waals surface area contributed by atoms with Crippen molar-refractivity contribution in [3.63, 3.8) is 0 Å². The highest BCUT2D eigenvalue weighted by atomic mass is 28.4. The fourth-order valence-corrected chi connectivity index (χ4v) is 6.54. The molecule has 0 heterocycles. The maximum Gasteiger partial charge on any atom is 0.337 e. The first kappa shape index (κ1) is 27.1. The van der Waals surface area contributed by atoms with Crippen LogP contribution in [0.5, 0.6) is 0 Å². The highest BCUT2D eigenvalue weighted by molar-refractivity contribution is 6.67. The fourth-order valence-electron chi connectivity index (χ4n) is 3.86. The summed E-state index contributed by atoms with van der Waals surface area (Å²) < 4.78 is 12.8. The van der Waals surface area contributed by atoms with Gasteiger partial charge in [-0.05, 0) is 31.9 Å². The van der Waals surface area contributed by atoms with Crippen LogP contribution in [-0.2, 0) is 8.85 Å². The van der Waals surface area contributed by atoms with E-state index in [-0.39, 0.29) is 0 Å². The summed E-state index contributed by atoms with van der Waals surface area (Å²) in [5.74, 6) is 0. The lowest BCUT2D eigenvalue weighted by Gasteiger charge is -2.32. The molecule has 0 saturated heterocycles. The first-order chi connectivity index (χ1) is 13.1. The second-order valence-electron chi connectivity index (χ2n) is 8.43. The summed E-state index contributed by atoms with van der Waals surface area (Å²) >= 11 is 0. The normalized spacial score (nSPS) is 13.2. The largest absolute Gasteiger partial charge is 0.394 e. The molecule has 164 valence electrons. The van der Waals surface area contributed by atoms with Gasteiger partial charge >= 0.3 is 8.56 Å². The van der Waals surface area contributed by atoms with Crippen molar-refractivity contribution < 1.29 is 8.85 Å². The van der Waals surface area contributed by atoms with Crippen LogP contribution in [0.2, 0.25) is 12.1 Å². The molecule has 0 aromatic rings. The summed E-state index contributed by atoms with van der Waals surface area (Å²) in [5.41, 5.74) is 0. The molecule has 0 aliphatic heterocycles. The molecule has 1 atom stereocenters. The molecule has 0 aromatic carbocycles. The minimum Gasteiger partial charge on any atom is -0.394 e. The summed E-state index contributed by atoms with van der Waals surface area (Å²) in [6.07, 6.45) is 20.9. The lowest BCUT2D eigenvalue weighted by molar-refractivity contribution is 0.115. The zero-order chi connectivity index (χ0) is 20.2. The van der Waals surface area contributed by atoms with Crippen molar-refractivity contribution in [2.75, 3.05) is 6.61 Å². The van der Waals surface area contributed by atoms with E-state index in [0.29, 0.717) is 6.10 Å². The van der Waals surface area contributed by atoms with Crippen molar-refractivity contribution in [1.29, 1.82) is 0 Å². The lowest BCUT2D eigenvalue weighted by atomic mass is 10.0. The smallest absolute Gasteiger partial charge is 0.337 e. The monoisotopic (exact) mass is 400 g/mol. The molecule has 0 bridgehead atoms. The predicted molar refractivity (Wildman–Crippen MR) is 124 cm³/mol. The van der Waals surface area contributed by atoms with E-state index in [4.69, 9.17) is 8.85 Å². The first-order valence-electron chi connectivity index (χ1n) is 12.5. The van der Waals surface area contributed by atoms with E-state index >= 15 is 0 Å². The molecule has 0 aromatic heterocycles. The predicted octanol–water partition coefficient (Wildman–Crippen LogP) is 8.78. The molecule has 0 amide bonds. The molecule has 1 unspecified atom stereocenters. The Morgan fingerprint density at radius 1 is 0.593 bits per heavy atom. The first-order valence-corrected chi connectivity index (χ1v) is 14.7. The Bertz CT molecular complexity index is 292. The van der Waals surface area contributed by atoms with Crippen LogP contribution in [0.4, 0.5) is 0 Å². The Morgan fingerprint density at radius 2 is 1.04 bits per heavy atom. The zero-order valence-electron chi connectivity index (χ0n) is 19.6. The highest BCUT2D eigenvalue weighted by Crippen LogP contribution is 2.23. The maximum atomic E-state index is 6.41. The van der Waals surface area contributed by atoms with Gasteiger partial charge in [0.2, 0.25) is 0 Å². The van der Waals surface area contributed by atoms with E-state index in [1.807, 2.05) is 0 Å².